The number of halogens is 1. The maximum Gasteiger partial charge on any atom is 0.328 e. The molecular formula is C19H18ClN3O5. The van der Waals surface area contributed by atoms with Crippen LogP contribution in [0, 0.1) is 0 Å². The minimum atomic E-state index is -1.26. The highest BCUT2D eigenvalue weighted by Crippen LogP contribution is 2.32. The van der Waals surface area contributed by atoms with Crippen LogP contribution in [0.25, 0.3) is 11.0 Å². The van der Waals surface area contributed by atoms with Crippen LogP contribution in [0.2, 0.25) is 5.02 Å². The van der Waals surface area contributed by atoms with Crippen molar-refractivity contribution in [2.45, 2.75) is 13.3 Å². The molecule has 0 unspecified atom stereocenters. The average Bonchev–Trinajstić information content (AvgIpc) is 3.08. The molecule has 0 aliphatic carbocycles. The van der Waals surface area contributed by atoms with Crippen LogP contribution in [0.15, 0.2) is 59.4 Å². The van der Waals surface area contributed by atoms with E-state index >= 15 is 0 Å². The number of rotatable bonds is 6. The molecule has 0 bridgehead atoms. The van der Waals surface area contributed by atoms with Gasteiger partial charge in [0.25, 0.3) is 0 Å². The first kappa shape index (κ1) is 20.9. The number of carboxylic acids is 2. The van der Waals surface area contributed by atoms with Gasteiger partial charge in [0, 0.05) is 47.9 Å². The van der Waals surface area contributed by atoms with Crippen molar-refractivity contribution in [1.29, 1.82) is 0 Å². The Balaban J connectivity index is 0.000000300. The lowest BCUT2D eigenvalue weighted by atomic mass is 10.2. The molecule has 0 spiro atoms. The summed E-state index contributed by atoms with van der Waals surface area (Å²) in [5.41, 5.74) is 1.75. The smallest absolute Gasteiger partial charge is 0.328 e. The SMILES string of the molecule is CCCN(c1ccncc1)c1noc2cc(Cl)ccc12.O=C(O)C=CC(=O)O. The van der Waals surface area contributed by atoms with E-state index in [1.54, 1.807) is 18.5 Å². The highest BCUT2D eigenvalue weighted by Gasteiger charge is 2.16. The van der Waals surface area contributed by atoms with E-state index in [2.05, 4.69) is 22.0 Å². The van der Waals surface area contributed by atoms with E-state index in [1.807, 2.05) is 24.3 Å². The zero-order valence-corrected chi connectivity index (χ0v) is 15.7. The molecule has 3 aromatic rings. The van der Waals surface area contributed by atoms with Crippen LogP contribution in [0.3, 0.4) is 0 Å². The van der Waals surface area contributed by atoms with Gasteiger partial charge in [-0.3, -0.25) is 4.98 Å². The molecule has 0 amide bonds. The Hall–Kier alpha value is -3.39. The first-order valence-corrected chi connectivity index (χ1v) is 8.66. The summed E-state index contributed by atoms with van der Waals surface area (Å²) in [6.07, 6.45) is 5.67. The molecule has 8 nitrogen and oxygen atoms in total. The van der Waals surface area contributed by atoms with Crippen LogP contribution in [0.4, 0.5) is 11.5 Å². The molecule has 0 aliphatic rings. The number of pyridine rings is 1. The summed E-state index contributed by atoms with van der Waals surface area (Å²) in [6.45, 7) is 2.99. The van der Waals surface area contributed by atoms with Crippen LogP contribution in [0.1, 0.15) is 13.3 Å². The normalized spacial score (nSPS) is 10.5. The number of hydrogen-bond donors (Lipinski definition) is 2. The largest absolute Gasteiger partial charge is 0.478 e. The van der Waals surface area contributed by atoms with Crippen LogP contribution in [-0.4, -0.2) is 38.8 Å². The van der Waals surface area contributed by atoms with Crippen molar-refractivity contribution >= 4 is 46.0 Å². The lowest BCUT2D eigenvalue weighted by molar-refractivity contribution is -0.134. The number of carboxylic acid groups (broad SMARTS) is 2. The van der Waals surface area contributed by atoms with Crippen molar-refractivity contribution in [3.63, 3.8) is 0 Å². The Morgan fingerprint density at radius 1 is 1.14 bits per heavy atom. The fourth-order valence-corrected chi connectivity index (χ4v) is 2.50. The number of benzene rings is 1. The Labute approximate surface area is 165 Å². The summed E-state index contributed by atoms with van der Waals surface area (Å²) in [5.74, 6) is -1.70. The second-order valence-corrected chi connectivity index (χ2v) is 5.95. The summed E-state index contributed by atoms with van der Waals surface area (Å²) in [4.78, 5) is 25.3. The van der Waals surface area contributed by atoms with Gasteiger partial charge in [-0.1, -0.05) is 23.7 Å². The number of nitrogens with zero attached hydrogens (tertiary/aromatic N) is 3. The summed E-state index contributed by atoms with van der Waals surface area (Å²) in [6, 6.07) is 9.50. The van der Waals surface area contributed by atoms with E-state index < -0.39 is 11.9 Å². The van der Waals surface area contributed by atoms with Crippen LogP contribution < -0.4 is 4.90 Å². The van der Waals surface area contributed by atoms with Gasteiger partial charge in [0.15, 0.2) is 11.4 Å². The first-order chi connectivity index (χ1) is 13.4. The predicted octanol–water partition coefficient (Wildman–Crippen LogP) is 4.14. The highest BCUT2D eigenvalue weighted by atomic mass is 35.5. The quantitative estimate of drug-likeness (QED) is 0.590. The maximum absolute atomic E-state index is 9.55. The zero-order chi connectivity index (χ0) is 20.5. The highest BCUT2D eigenvalue weighted by molar-refractivity contribution is 6.31. The Kier molecular flexibility index (Phi) is 7.53. The molecule has 2 N–H and O–H groups in total. The Morgan fingerprint density at radius 2 is 1.79 bits per heavy atom. The third-order valence-electron chi connectivity index (χ3n) is 3.46. The third-order valence-corrected chi connectivity index (χ3v) is 3.70. The molecule has 0 saturated carbocycles. The summed E-state index contributed by atoms with van der Waals surface area (Å²) < 4.78 is 5.39. The number of anilines is 2. The van der Waals surface area contributed by atoms with E-state index in [1.165, 1.54) is 0 Å². The molecule has 0 atom stereocenters. The van der Waals surface area contributed by atoms with Crippen molar-refractivity contribution in [3.8, 4) is 0 Å². The average molecular weight is 404 g/mol. The second kappa shape index (κ2) is 10.1. The Morgan fingerprint density at radius 3 is 2.36 bits per heavy atom. The molecule has 0 fully saturated rings. The van der Waals surface area contributed by atoms with Crippen molar-refractivity contribution in [2.24, 2.45) is 0 Å². The van der Waals surface area contributed by atoms with Crippen LogP contribution in [-0.2, 0) is 9.59 Å². The molecule has 2 heterocycles. The first-order valence-electron chi connectivity index (χ1n) is 8.28. The number of fused-ring (bicyclic) bond motifs is 1. The topological polar surface area (TPSA) is 117 Å². The number of aromatic nitrogens is 2. The van der Waals surface area contributed by atoms with E-state index in [4.69, 9.17) is 26.3 Å². The van der Waals surface area contributed by atoms with Crippen molar-refractivity contribution in [2.75, 3.05) is 11.4 Å². The van der Waals surface area contributed by atoms with Crippen LogP contribution >= 0.6 is 11.6 Å². The summed E-state index contributed by atoms with van der Waals surface area (Å²) >= 11 is 5.98. The van der Waals surface area contributed by atoms with Crippen molar-refractivity contribution in [1.82, 2.24) is 10.1 Å². The van der Waals surface area contributed by atoms with Crippen LogP contribution in [0.5, 0.6) is 0 Å². The van der Waals surface area contributed by atoms with E-state index in [0.717, 1.165) is 29.9 Å². The number of hydrogen-bond acceptors (Lipinski definition) is 6. The van der Waals surface area contributed by atoms with Gasteiger partial charge in [-0.05, 0) is 30.7 Å². The summed E-state index contributed by atoms with van der Waals surface area (Å²) in [5, 5.41) is 21.4. The Bertz CT molecular complexity index is 956. The van der Waals surface area contributed by atoms with Gasteiger partial charge in [-0.15, -0.1) is 0 Å². The van der Waals surface area contributed by atoms with Crippen molar-refractivity contribution < 1.29 is 24.3 Å². The molecular weight excluding hydrogens is 386 g/mol. The zero-order valence-electron chi connectivity index (χ0n) is 14.9. The summed E-state index contributed by atoms with van der Waals surface area (Å²) in [7, 11) is 0. The minimum Gasteiger partial charge on any atom is -0.478 e. The standard InChI is InChI=1S/C15H14ClN3O.C4H4O4/c1-2-9-19(12-5-7-17-8-6-12)15-13-4-3-11(16)10-14(13)20-18-15;5-3(6)1-2-4(7)8/h3-8,10H,2,9H2,1H3;1-2H,(H,5,6)(H,7,8). The lowest BCUT2D eigenvalue weighted by Gasteiger charge is -2.21. The molecule has 28 heavy (non-hydrogen) atoms. The predicted molar refractivity (Wildman–Crippen MR) is 105 cm³/mol. The minimum absolute atomic E-state index is 0.558. The maximum atomic E-state index is 9.55. The molecule has 1 aromatic carbocycles. The molecule has 0 saturated heterocycles. The van der Waals surface area contributed by atoms with Gasteiger partial charge in [-0.25, -0.2) is 9.59 Å². The lowest BCUT2D eigenvalue weighted by Crippen LogP contribution is -2.18. The van der Waals surface area contributed by atoms with E-state index in [9.17, 15) is 9.59 Å². The van der Waals surface area contributed by atoms with E-state index in [0.29, 0.717) is 22.8 Å². The van der Waals surface area contributed by atoms with Gasteiger partial charge in [0.05, 0.1) is 5.39 Å². The molecule has 0 radical (unpaired) electrons. The molecule has 2 aromatic heterocycles. The third kappa shape index (κ3) is 5.82. The van der Waals surface area contributed by atoms with Gasteiger partial charge >= 0.3 is 11.9 Å². The molecule has 3 rings (SSSR count). The van der Waals surface area contributed by atoms with Gasteiger partial charge in [0.2, 0.25) is 0 Å². The molecule has 0 aliphatic heterocycles. The fourth-order valence-electron chi connectivity index (χ4n) is 2.34. The molecule has 9 heteroatoms. The monoisotopic (exact) mass is 403 g/mol. The number of aliphatic carboxylic acids is 2. The number of carbonyl (C=O) groups is 2. The van der Waals surface area contributed by atoms with Crippen molar-refractivity contribution in [3.05, 3.63) is 59.9 Å². The second-order valence-electron chi connectivity index (χ2n) is 5.51. The van der Waals surface area contributed by atoms with E-state index in [-0.39, 0.29) is 0 Å². The fraction of sp³-hybridized carbons (Fsp3) is 0.158. The van der Waals surface area contributed by atoms with Gasteiger partial charge < -0.3 is 19.6 Å². The molecule has 146 valence electrons. The van der Waals surface area contributed by atoms with Gasteiger partial charge in [-0.2, -0.15) is 0 Å². The van der Waals surface area contributed by atoms with Gasteiger partial charge in [0.1, 0.15) is 0 Å².